The molecule has 1 atom stereocenters. The van der Waals surface area contributed by atoms with Crippen molar-refractivity contribution in [2.75, 3.05) is 0 Å². The van der Waals surface area contributed by atoms with Crippen LogP contribution in [0.3, 0.4) is 0 Å². The molecule has 0 aliphatic heterocycles. The van der Waals surface area contributed by atoms with Gasteiger partial charge in [-0.2, -0.15) is 0 Å². The fourth-order valence-electron chi connectivity index (χ4n) is 1.04. The number of Topliss-reactive ketones (excluding diaryl/α,β-unsaturated/α-hetero) is 1. The molecule has 0 saturated heterocycles. The van der Waals surface area contributed by atoms with Crippen LogP contribution in [0.4, 0.5) is 4.39 Å². The number of hydrogen-bond donors (Lipinski definition) is 1. The van der Waals surface area contributed by atoms with E-state index in [4.69, 9.17) is 5.73 Å². The molecule has 2 nitrogen and oxygen atoms in total. The summed E-state index contributed by atoms with van der Waals surface area (Å²) in [7, 11) is 0. The lowest BCUT2D eigenvalue weighted by atomic mass is 10.0. The van der Waals surface area contributed by atoms with Crippen molar-refractivity contribution >= 4 is 5.78 Å². The zero-order chi connectivity index (χ0) is 11.8. The van der Waals surface area contributed by atoms with Crippen molar-refractivity contribution in [1.82, 2.24) is 0 Å². The molecule has 1 aromatic rings. The summed E-state index contributed by atoms with van der Waals surface area (Å²) in [4.78, 5) is 10.8. The maximum Gasteiger partial charge on any atom is 0.146 e. The molecule has 0 spiro atoms. The number of hydrogen-bond acceptors (Lipinski definition) is 2. The van der Waals surface area contributed by atoms with Crippen LogP contribution in [0, 0.1) is 5.82 Å². The van der Waals surface area contributed by atoms with Crippen LogP contribution in [0.25, 0.3) is 0 Å². The van der Waals surface area contributed by atoms with Crippen molar-refractivity contribution in [3.05, 3.63) is 35.6 Å². The second-order valence-corrected chi connectivity index (χ2v) is 3.01. The van der Waals surface area contributed by atoms with Crippen LogP contribution in [-0.2, 0) is 11.2 Å². The van der Waals surface area contributed by atoms with Gasteiger partial charge in [0.1, 0.15) is 11.6 Å². The minimum atomic E-state index is -0.600. The van der Waals surface area contributed by atoms with E-state index in [-0.39, 0.29) is 18.0 Å². The molecule has 84 valence electrons. The van der Waals surface area contributed by atoms with Gasteiger partial charge in [0.25, 0.3) is 0 Å². The van der Waals surface area contributed by atoms with E-state index in [1.165, 1.54) is 13.0 Å². The largest absolute Gasteiger partial charge is 0.321 e. The highest BCUT2D eigenvalue weighted by Gasteiger charge is 2.11. The zero-order valence-electron chi connectivity index (χ0n) is 9.46. The van der Waals surface area contributed by atoms with E-state index in [0.29, 0.717) is 5.56 Å². The number of ketones is 1. The summed E-state index contributed by atoms with van der Waals surface area (Å²) in [6.45, 7) is 5.41. The van der Waals surface area contributed by atoms with E-state index < -0.39 is 6.04 Å². The minimum Gasteiger partial charge on any atom is -0.321 e. The van der Waals surface area contributed by atoms with Gasteiger partial charge in [-0.15, -0.1) is 0 Å². The lowest BCUT2D eigenvalue weighted by Gasteiger charge is -2.07. The molecule has 0 fully saturated rings. The summed E-state index contributed by atoms with van der Waals surface area (Å²) < 4.78 is 13.0. The van der Waals surface area contributed by atoms with Gasteiger partial charge < -0.3 is 5.73 Å². The highest BCUT2D eigenvalue weighted by molar-refractivity contribution is 5.81. The normalized spacial score (nSPS) is 11.3. The molecular weight excluding hydrogens is 193 g/mol. The number of benzene rings is 1. The van der Waals surface area contributed by atoms with Crippen LogP contribution in [-0.4, -0.2) is 11.8 Å². The summed E-state index contributed by atoms with van der Waals surface area (Å²) in [6.07, 6.45) is 0.266. The van der Waals surface area contributed by atoms with Gasteiger partial charge in [0.15, 0.2) is 0 Å². The van der Waals surface area contributed by atoms with Crippen LogP contribution < -0.4 is 5.73 Å². The Labute approximate surface area is 90.3 Å². The van der Waals surface area contributed by atoms with E-state index in [2.05, 4.69) is 0 Å². The molecule has 0 saturated carbocycles. The third-order valence-electron chi connectivity index (χ3n) is 1.92. The number of carbonyl (C=O) groups is 1. The predicted molar refractivity (Wildman–Crippen MR) is 60.1 cm³/mol. The molecular formula is C12H18FNO. The maximum atomic E-state index is 13.0. The van der Waals surface area contributed by atoms with E-state index in [9.17, 15) is 9.18 Å². The van der Waals surface area contributed by atoms with E-state index in [1.807, 2.05) is 13.8 Å². The zero-order valence-corrected chi connectivity index (χ0v) is 9.46. The van der Waals surface area contributed by atoms with Crippen LogP contribution in [0.5, 0.6) is 0 Å². The molecule has 0 radical (unpaired) electrons. The first kappa shape index (κ1) is 13.8. The average molecular weight is 211 g/mol. The molecule has 15 heavy (non-hydrogen) atoms. The van der Waals surface area contributed by atoms with Gasteiger partial charge in [-0.25, -0.2) is 4.39 Å². The van der Waals surface area contributed by atoms with Crippen LogP contribution in [0.1, 0.15) is 26.3 Å². The number of carbonyl (C=O) groups excluding carboxylic acids is 1. The van der Waals surface area contributed by atoms with Gasteiger partial charge in [-0.3, -0.25) is 4.79 Å². The Morgan fingerprint density at radius 3 is 2.40 bits per heavy atom. The van der Waals surface area contributed by atoms with Crippen LogP contribution in [0.15, 0.2) is 24.3 Å². The fraction of sp³-hybridized carbons (Fsp3) is 0.417. The molecule has 0 bridgehead atoms. The smallest absolute Gasteiger partial charge is 0.146 e. The SMILES string of the molecule is CC.CC(=O)C(N)Cc1ccccc1F. The van der Waals surface area contributed by atoms with Gasteiger partial charge in [-0.05, 0) is 25.0 Å². The van der Waals surface area contributed by atoms with Gasteiger partial charge in [-0.1, -0.05) is 32.0 Å². The number of rotatable bonds is 3. The van der Waals surface area contributed by atoms with Crippen molar-refractivity contribution in [2.45, 2.75) is 33.2 Å². The Kier molecular flexibility index (Phi) is 6.54. The maximum absolute atomic E-state index is 13.0. The first-order valence-electron chi connectivity index (χ1n) is 5.10. The van der Waals surface area contributed by atoms with Crippen molar-refractivity contribution in [3.63, 3.8) is 0 Å². The Morgan fingerprint density at radius 1 is 1.40 bits per heavy atom. The third kappa shape index (κ3) is 4.70. The summed E-state index contributed by atoms with van der Waals surface area (Å²) in [6, 6.07) is 5.74. The quantitative estimate of drug-likeness (QED) is 0.833. The fourth-order valence-corrected chi connectivity index (χ4v) is 1.04. The minimum absolute atomic E-state index is 0.122. The van der Waals surface area contributed by atoms with Crippen LogP contribution >= 0.6 is 0 Å². The second-order valence-electron chi connectivity index (χ2n) is 3.01. The monoisotopic (exact) mass is 211 g/mol. The summed E-state index contributed by atoms with van der Waals surface area (Å²) >= 11 is 0. The Balaban J connectivity index is 0.000000921. The Hall–Kier alpha value is -1.22. The first-order valence-corrected chi connectivity index (χ1v) is 5.10. The molecule has 0 amide bonds. The number of halogens is 1. The lowest BCUT2D eigenvalue weighted by Crippen LogP contribution is -2.30. The Morgan fingerprint density at radius 2 is 1.93 bits per heavy atom. The third-order valence-corrected chi connectivity index (χ3v) is 1.92. The average Bonchev–Trinajstić information content (AvgIpc) is 2.24. The molecule has 3 heteroatoms. The van der Waals surface area contributed by atoms with Crippen molar-refractivity contribution in [1.29, 1.82) is 0 Å². The van der Waals surface area contributed by atoms with Gasteiger partial charge in [0.05, 0.1) is 6.04 Å². The lowest BCUT2D eigenvalue weighted by molar-refractivity contribution is -0.118. The molecule has 0 aromatic heterocycles. The topological polar surface area (TPSA) is 43.1 Å². The van der Waals surface area contributed by atoms with Gasteiger partial charge >= 0.3 is 0 Å². The standard InChI is InChI=1S/C10H12FNO.C2H6/c1-7(13)10(12)6-8-4-2-3-5-9(8)11;1-2/h2-5,10H,6,12H2,1H3;1-2H3. The second kappa shape index (κ2) is 7.12. The van der Waals surface area contributed by atoms with E-state index in [1.54, 1.807) is 18.2 Å². The number of nitrogens with two attached hydrogens (primary N) is 1. The Bertz CT molecular complexity index is 312. The van der Waals surface area contributed by atoms with Crippen molar-refractivity contribution in [3.8, 4) is 0 Å². The van der Waals surface area contributed by atoms with Gasteiger partial charge in [0.2, 0.25) is 0 Å². The molecule has 0 aliphatic carbocycles. The first-order chi connectivity index (χ1) is 7.11. The van der Waals surface area contributed by atoms with Crippen molar-refractivity contribution < 1.29 is 9.18 Å². The highest BCUT2D eigenvalue weighted by atomic mass is 19.1. The predicted octanol–water partition coefficient (Wildman–Crippen LogP) is 2.31. The van der Waals surface area contributed by atoms with E-state index in [0.717, 1.165) is 0 Å². The molecule has 1 unspecified atom stereocenters. The summed E-state index contributed by atoms with van der Waals surface area (Å²) in [5.74, 6) is -0.428. The molecule has 0 heterocycles. The molecule has 1 rings (SSSR count). The molecule has 2 N–H and O–H groups in total. The van der Waals surface area contributed by atoms with Crippen LogP contribution in [0.2, 0.25) is 0 Å². The van der Waals surface area contributed by atoms with Crippen molar-refractivity contribution in [2.24, 2.45) is 5.73 Å². The summed E-state index contributed by atoms with van der Waals surface area (Å²) in [5.41, 5.74) is 5.99. The molecule has 1 aromatic carbocycles. The van der Waals surface area contributed by atoms with Gasteiger partial charge in [0, 0.05) is 0 Å². The molecule has 0 aliphatic rings. The summed E-state index contributed by atoms with van der Waals surface area (Å²) in [5, 5.41) is 0. The van der Waals surface area contributed by atoms with E-state index >= 15 is 0 Å². The highest BCUT2D eigenvalue weighted by Crippen LogP contribution is 2.08.